The van der Waals surface area contributed by atoms with Crippen LogP contribution in [0.2, 0.25) is 0 Å². The van der Waals surface area contributed by atoms with Gasteiger partial charge in [-0.2, -0.15) is 4.31 Å². The van der Waals surface area contributed by atoms with Gasteiger partial charge in [-0.1, -0.05) is 18.6 Å². The Morgan fingerprint density at radius 2 is 1.57 bits per heavy atom. The predicted octanol–water partition coefficient (Wildman–Crippen LogP) is 3.69. The number of aryl methyl sites for hydroxylation is 2. The fraction of sp³-hybridized carbons (Fsp3) is 0.364. The first-order chi connectivity index (χ1) is 14.2. The molecule has 2 aromatic carbocycles. The highest BCUT2D eigenvalue weighted by atomic mass is 32.2. The van der Waals surface area contributed by atoms with Crippen LogP contribution in [0.1, 0.15) is 47.7 Å². The first-order valence-electron chi connectivity index (χ1n) is 9.99. The molecule has 7 nitrogen and oxygen atoms in total. The maximum absolute atomic E-state index is 13.1. The van der Waals surface area contributed by atoms with Crippen LogP contribution in [0.4, 0.5) is 11.4 Å². The summed E-state index contributed by atoms with van der Waals surface area (Å²) >= 11 is 0. The molecule has 0 atom stereocenters. The number of piperidine rings is 1. The van der Waals surface area contributed by atoms with Gasteiger partial charge in [0.2, 0.25) is 15.9 Å². The van der Waals surface area contributed by atoms with Crippen LogP contribution >= 0.6 is 0 Å². The Bertz CT molecular complexity index is 1070. The average molecular weight is 430 g/mol. The van der Waals surface area contributed by atoms with Gasteiger partial charge in [-0.25, -0.2) is 8.42 Å². The van der Waals surface area contributed by atoms with Crippen molar-refractivity contribution < 1.29 is 18.0 Å². The molecule has 2 amide bonds. The van der Waals surface area contributed by atoms with Crippen molar-refractivity contribution >= 4 is 33.2 Å². The maximum atomic E-state index is 13.1. The molecule has 0 spiro atoms. The second kappa shape index (κ2) is 8.97. The molecule has 1 heterocycles. The standard InChI is InChI=1S/C22H27N3O4S/c1-15-8-10-19(23-17(3)26)14-20(15)24-22(27)18-9-7-16(2)21(13-18)30(28,29)25-11-5-4-6-12-25/h7-10,13-14H,4-6,11-12H2,1-3H3,(H,23,26)(H,24,27). The molecule has 1 aliphatic heterocycles. The molecule has 2 aromatic rings. The summed E-state index contributed by atoms with van der Waals surface area (Å²) in [5, 5.41) is 5.50. The summed E-state index contributed by atoms with van der Waals surface area (Å²) in [6, 6.07) is 9.94. The van der Waals surface area contributed by atoms with E-state index in [0.29, 0.717) is 30.0 Å². The molecule has 1 aliphatic rings. The van der Waals surface area contributed by atoms with Crippen molar-refractivity contribution in [2.45, 2.75) is 44.9 Å². The van der Waals surface area contributed by atoms with Crippen LogP contribution in [0.5, 0.6) is 0 Å². The van der Waals surface area contributed by atoms with Gasteiger partial charge in [-0.3, -0.25) is 9.59 Å². The van der Waals surface area contributed by atoms with E-state index in [-0.39, 0.29) is 16.4 Å². The van der Waals surface area contributed by atoms with E-state index in [1.54, 1.807) is 37.3 Å². The summed E-state index contributed by atoms with van der Waals surface area (Å²) in [4.78, 5) is 24.3. The van der Waals surface area contributed by atoms with Crippen LogP contribution in [0, 0.1) is 13.8 Å². The second-order valence-electron chi connectivity index (χ2n) is 7.61. The van der Waals surface area contributed by atoms with E-state index >= 15 is 0 Å². The molecule has 0 aromatic heterocycles. The molecule has 2 N–H and O–H groups in total. The lowest BCUT2D eigenvalue weighted by atomic mass is 10.1. The molecular weight excluding hydrogens is 402 g/mol. The number of rotatable bonds is 5. The van der Waals surface area contributed by atoms with Gasteiger partial charge >= 0.3 is 0 Å². The van der Waals surface area contributed by atoms with Gasteiger partial charge in [0.25, 0.3) is 5.91 Å². The van der Waals surface area contributed by atoms with Crippen molar-refractivity contribution in [3.63, 3.8) is 0 Å². The van der Waals surface area contributed by atoms with Crippen molar-refractivity contribution in [1.29, 1.82) is 0 Å². The van der Waals surface area contributed by atoms with Gasteiger partial charge in [0, 0.05) is 37.0 Å². The molecule has 0 bridgehead atoms. The molecule has 0 aliphatic carbocycles. The number of anilines is 2. The van der Waals surface area contributed by atoms with E-state index in [9.17, 15) is 18.0 Å². The van der Waals surface area contributed by atoms with E-state index < -0.39 is 15.9 Å². The van der Waals surface area contributed by atoms with Crippen LogP contribution in [-0.2, 0) is 14.8 Å². The lowest BCUT2D eigenvalue weighted by Crippen LogP contribution is -2.36. The summed E-state index contributed by atoms with van der Waals surface area (Å²) in [7, 11) is -3.64. The van der Waals surface area contributed by atoms with Gasteiger partial charge in [-0.05, 0) is 62.1 Å². The highest BCUT2D eigenvalue weighted by molar-refractivity contribution is 7.89. The fourth-order valence-corrected chi connectivity index (χ4v) is 5.26. The summed E-state index contributed by atoms with van der Waals surface area (Å²) in [6.45, 7) is 6.00. The van der Waals surface area contributed by atoms with Crippen LogP contribution in [0.3, 0.4) is 0 Å². The zero-order valence-electron chi connectivity index (χ0n) is 17.5. The summed E-state index contributed by atoms with van der Waals surface area (Å²) < 4.78 is 27.7. The zero-order valence-corrected chi connectivity index (χ0v) is 18.3. The lowest BCUT2D eigenvalue weighted by Gasteiger charge is -2.26. The molecule has 8 heteroatoms. The monoisotopic (exact) mass is 429 g/mol. The van der Waals surface area contributed by atoms with Crippen molar-refractivity contribution in [2.24, 2.45) is 0 Å². The van der Waals surface area contributed by atoms with Gasteiger partial charge in [0.15, 0.2) is 0 Å². The van der Waals surface area contributed by atoms with E-state index in [2.05, 4.69) is 10.6 Å². The molecule has 30 heavy (non-hydrogen) atoms. The van der Waals surface area contributed by atoms with Crippen LogP contribution in [0.15, 0.2) is 41.3 Å². The third kappa shape index (κ3) is 4.88. The normalized spacial score (nSPS) is 14.9. The SMILES string of the molecule is CC(=O)Nc1ccc(C)c(NC(=O)c2ccc(C)c(S(=O)(=O)N3CCCCC3)c2)c1. The maximum Gasteiger partial charge on any atom is 0.255 e. The quantitative estimate of drug-likeness (QED) is 0.758. The number of nitrogens with zero attached hydrogens (tertiary/aromatic N) is 1. The number of hydrogen-bond acceptors (Lipinski definition) is 4. The van der Waals surface area contributed by atoms with Crippen LogP contribution in [0.25, 0.3) is 0 Å². The second-order valence-corrected chi connectivity index (χ2v) is 9.52. The molecular formula is C22H27N3O4S. The molecule has 0 radical (unpaired) electrons. The van der Waals surface area contributed by atoms with Crippen LogP contribution < -0.4 is 10.6 Å². The number of carbonyl (C=O) groups excluding carboxylic acids is 2. The summed E-state index contributed by atoms with van der Waals surface area (Å²) in [6.07, 6.45) is 2.73. The number of sulfonamides is 1. The smallest absolute Gasteiger partial charge is 0.255 e. The number of hydrogen-bond donors (Lipinski definition) is 2. The van der Waals surface area contributed by atoms with Crippen molar-refractivity contribution in [2.75, 3.05) is 23.7 Å². The first kappa shape index (κ1) is 22.0. The lowest BCUT2D eigenvalue weighted by molar-refractivity contribution is -0.114. The predicted molar refractivity (Wildman–Crippen MR) is 117 cm³/mol. The third-order valence-electron chi connectivity index (χ3n) is 5.19. The van der Waals surface area contributed by atoms with Crippen molar-refractivity contribution in [3.8, 4) is 0 Å². The molecule has 3 rings (SSSR count). The summed E-state index contributed by atoms with van der Waals surface area (Å²) in [5.74, 6) is -0.615. The minimum atomic E-state index is -3.64. The van der Waals surface area contributed by atoms with E-state index in [1.165, 1.54) is 17.3 Å². The first-order valence-corrected chi connectivity index (χ1v) is 11.4. The Morgan fingerprint density at radius 1 is 0.900 bits per heavy atom. The Labute approximate surface area is 177 Å². The van der Waals surface area contributed by atoms with E-state index in [4.69, 9.17) is 0 Å². The fourth-order valence-electron chi connectivity index (χ4n) is 3.50. The molecule has 160 valence electrons. The van der Waals surface area contributed by atoms with Gasteiger partial charge in [0.05, 0.1) is 4.90 Å². The zero-order chi connectivity index (χ0) is 21.9. The van der Waals surface area contributed by atoms with Crippen LogP contribution in [-0.4, -0.2) is 37.6 Å². The van der Waals surface area contributed by atoms with Gasteiger partial charge in [0.1, 0.15) is 0 Å². The highest BCUT2D eigenvalue weighted by Gasteiger charge is 2.28. The Balaban J connectivity index is 1.87. The molecule has 0 unspecified atom stereocenters. The van der Waals surface area contributed by atoms with Crippen molar-refractivity contribution in [3.05, 3.63) is 53.1 Å². The minimum absolute atomic E-state index is 0.167. The number of nitrogens with one attached hydrogen (secondary N) is 2. The number of carbonyl (C=O) groups is 2. The Morgan fingerprint density at radius 3 is 2.23 bits per heavy atom. The highest BCUT2D eigenvalue weighted by Crippen LogP contribution is 2.26. The largest absolute Gasteiger partial charge is 0.326 e. The number of benzene rings is 2. The average Bonchev–Trinajstić information content (AvgIpc) is 2.71. The van der Waals surface area contributed by atoms with Gasteiger partial charge < -0.3 is 10.6 Å². The van der Waals surface area contributed by atoms with Crippen molar-refractivity contribution in [1.82, 2.24) is 4.31 Å². The number of amides is 2. The third-order valence-corrected chi connectivity index (χ3v) is 7.23. The molecule has 1 saturated heterocycles. The Hall–Kier alpha value is -2.71. The van der Waals surface area contributed by atoms with E-state index in [0.717, 1.165) is 24.8 Å². The van der Waals surface area contributed by atoms with Gasteiger partial charge in [-0.15, -0.1) is 0 Å². The van der Waals surface area contributed by atoms with E-state index in [1.807, 2.05) is 6.92 Å². The minimum Gasteiger partial charge on any atom is -0.326 e. The topological polar surface area (TPSA) is 95.6 Å². The summed E-state index contributed by atoms with van der Waals surface area (Å²) in [5.41, 5.74) is 2.82. The molecule has 1 fully saturated rings. The molecule has 0 saturated carbocycles. The Kier molecular flexibility index (Phi) is 6.58.